The van der Waals surface area contributed by atoms with Crippen molar-refractivity contribution in [3.05, 3.63) is 23.7 Å². The molecule has 0 atom stereocenters. The minimum atomic E-state index is 0.135. The third kappa shape index (κ3) is 3.05. The van der Waals surface area contributed by atoms with Crippen LogP contribution >= 0.6 is 0 Å². The van der Waals surface area contributed by atoms with Crippen molar-refractivity contribution in [2.24, 2.45) is 5.92 Å². The first-order valence-corrected chi connectivity index (χ1v) is 4.67. The summed E-state index contributed by atoms with van der Waals surface area (Å²) in [4.78, 5) is 11.3. The van der Waals surface area contributed by atoms with Gasteiger partial charge in [0.2, 0.25) is 0 Å². The maximum absolute atomic E-state index is 11.3. The molecular weight excluding hydrogens is 164 g/mol. The fraction of sp³-hybridized carbons (Fsp3) is 0.545. The van der Waals surface area contributed by atoms with Crippen molar-refractivity contribution < 1.29 is 9.21 Å². The predicted molar refractivity (Wildman–Crippen MR) is 51.6 cm³/mol. The van der Waals surface area contributed by atoms with Gasteiger partial charge in [-0.1, -0.05) is 13.8 Å². The van der Waals surface area contributed by atoms with Crippen molar-refractivity contribution in [3.63, 3.8) is 0 Å². The van der Waals surface area contributed by atoms with Crippen LogP contribution in [-0.2, 0) is 11.2 Å². The van der Waals surface area contributed by atoms with Gasteiger partial charge in [0.15, 0.2) is 0 Å². The molecule has 0 aliphatic heterocycles. The van der Waals surface area contributed by atoms with Gasteiger partial charge in [-0.25, -0.2) is 0 Å². The van der Waals surface area contributed by atoms with Gasteiger partial charge in [-0.05, 0) is 19.1 Å². The molecule has 0 radical (unpaired) electrons. The Morgan fingerprint density at radius 2 is 2.15 bits per heavy atom. The van der Waals surface area contributed by atoms with Gasteiger partial charge in [-0.15, -0.1) is 0 Å². The quantitative estimate of drug-likeness (QED) is 0.713. The van der Waals surface area contributed by atoms with Crippen LogP contribution in [0.5, 0.6) is 0 Å². The molecule has 0 aliphatic carbocycles. The van der Waals surface area contributed by atoms with Gasteiger partial charge in [0.1, 0.15) is 17.3 Å². The molecule has 0 fully saturated rings. The van der Waals surface area contributed by atoms with Crippen LogP contribution in [0, 0.1) is 12.8 Å². The van der Waals surface area contributed by atoms with Crippen LogP contribution in [0.25, 0.3) is 0 Å². The molecule has 0 aromatic carbocycles. The highest BCUT2D eigenvalue weighted by Gasteiger charge is 2.08. The van der Waals surface area contributed by atoms with Gasteiger partial charge in [0.05, 0.1) is 0 Å². The van der Waals surface area contributed by atoms with E-state index in [1.807, 2.05) is 32.9 Å². The Bertz CT molecular complexity index is 284. The molecule has 1 aromatic heterocycles. The van der Waals surface area contributed by atoms with E-state index in [-0.39, 0.29) is 5.92 Å². The highest BCUT2D eigenvalue weighted by atomic mass is 16.3. The largest absolute Gasteiger partial charge is 0.466 e. The van der Waals surface area contributed by atoms with Crippen molar-refractivity contribution in [2.75, 3.05) is 0 Å². The highest BCUT2D eigenvalue weighted by Crippen LogP contribution is 2.10. The van der Waals surface area contributed by atoms with Gasteiger partial charge < -0.3 is 4.42 Å². The fourth-order valence-corrected chi connectivity index (χ4v) is 1.15. The fourth-order valence-electron chi connectivity index (χ4n) is 1.15. The number of aryl methyl sites for hydroxylation is 2. The van der Waals surface area contributed by atoms with E-state index in [1.54, 1.807) is 0 Å². The van der Waals surface area contributed by atoms with Crippen LogP contribution in [0.15, 0.2) is 16.5 Å². The lowest BCUT2D eigenvalue weighted by atomic mass is 10.0. The monoisotopic (exact) mass is 180 g/mol. The van der Waals surface area contributed by atoms with Crippen molar-refractivity contribution in [2.45, 2.75) is 33.6 Å². The molecule has 1 aromatic rings. The molecule has 0 aliphatic rings. The van der Waals surface area contributed by atoms with E-state index in [2.05, 4.69) is 0 Å². The lowest BCUT2D eigenvalue weighted by molar-refractivity contribution is -0.121. The lowest BCUT2D eigenvalue weighted by Gasteiger charge is -2.01. The molecule has 2 heteroatoms. The molecule has 13 heavy (non-hydrogen) atoms. The topological polar surface area (TPSA) is 30.2 Å². The Labute approximate surface area is 78.9 Å². The summed E-state index contributed by atoms with van der Waals surface area (Å²) >= 11 is 0. The second-order valence-corrected chi connectivity index (χ2v) is 3.63. The molecule has 72 valence electrons. The molecule has 0 bridgehead atoms. The van der Waals surface area contributed by atoms with Crippen LogP contribution in [0.4, 0.5) is 0 Å². The molecule has 0 saturated heterocycles. The molecule has 0 amide bonds. The molecule has 1 heterocycles. The Morgan fingerprint density at radius 3 is 2.62 bits per heavy atom. The van der Waals surface area contributed by atoms with Crippen molar-refractivity contribution >= 4 is 5.78 Å². The summed E-state index contributed by atoms with van der Waals surface area (Å²) in [6, 6.07) is 3.86. The zero-order chi connectivity index (χ0) is 9.84. The van der Waals surface area contributed by atoms with E-state index >= 15 is 0 Å². The number of carbonyl (C=O) groups excluding carboxylic acids is 1. The number of carbonyl (C=O) groups is 1. The molecule has 0 unspecified atom stereocenters. The summed E-state index contributed by atoms with van der Waals surface area (Å²) in [7, 11) is 0. The van der Waals surface area contributed by atoms with Gasteiger partial charge in [0, 0.05) is 18.8 Å². The van der Waals surface area contributed by atoms with Gasteiger partial charge in [-0.2, -0.15) is 0 Å². The van der Waals surface area contributed by atoms with E-state index in [0.717, 1.165) is 17.9 Å². The molecule has 1 rings (SSSR count). The van der Waals surface area contributed by atoms with E-state index in [4.69, 9.17) is 4.42 Å². The third-order valence-corrected chi connectivity index (χ3v) is 2.06. The first-order chi connectivity index (χ1) is 6.09. The second kappa shape index (κ2) is 4.26. The summed E-state index contributed by atoms with van der Waals surface area (Å²) in [5.41, 5.74) is 0. The minimum absolute atomic E-state index is 0.135. The van der Waals surface area contributed by atoms with Crippen LogP contribution < -0.4 is 0 Å². The average Bonchev–Trinajstić information content (AvgIpc) is 2.47. The van der Waals surface area contributed by atoms with E-state index in [1.165, 1.54) is 0 Å². The maximum atomic E-state index is 11.3. The van der Waals surface area contributed by atoms with Crippen LogP contribution in [0.2, 0.25) is 0 Å². The van der Waals surface area contributed by atoms with Crippen molar-refractivity contribution in [1.82, 2.24) is 0 Å². The van der Waals surface area contributed by atoms with E-state index < -0.39 is 0 Å². The van der Waals surface area contributed by atoms with E-state index in [9.17, 15) is 4.79 Å². The van der Waals surface area contributed by atoms with Gasteiger partial charge >= 0.3 is 0 Å². The summed E-state index contributed by atoms with van der Waals surface area (Å²) in [6.45, 7) is 5.76. The second-order valence-electron chi connectivity index (χ2n) is 3.63. The molecule has 0 N–H and O–H groups in total. The first-order valence-electron chi connectivity index (χ1n) is 4.67. The van der Waals surface area contributed by atoms with Crippen LogP contribution in [0.3, 0.4) is 0 Å². The summed E-state index contributed by atoms with van der Waals surface area (Å²) in [6.07, 6.45) is 1.31. The predicted octanol–water partition coefficient (Wildman–Crippen LogP) is 2.75. The highest BCUT2D eigenvalue weighted by molar-refractivity contribution is 5.80. The van der Waals surface area contributed by atoms with Crippen LogP contribution in [0.1, 0.15) is 31.8 Å². The number of hydrogen-bond acceptors (Lipinski definition) is 2. The van der Waals surface area contributed by atoms with Crippen molar-refractivity contribution in [1.29, 1.82) is 0 Å². The van der Waals surface area contributed by atoms with Gasteiger partial charge in [-0.3, -0.25) is 4.79 Å². The van der Waals surface area contributed by atoms with Crippen molar-refractivity contribution in [3.8, 4) is 0 Å². The van der Waals surface area contributed by atoms with E-state index in [0.29, 0.717) is 12.2 Å². The first kappa shape index (κ1) is 10.0. The lowest BCUT2D eigenvalue weighted by Crippen LogP contribution is -2.07. The maximum Gasteiger partial charge on any atom is 0.135 e. The van der Waals surface area contributed by atoms with Gasteiger partial charge in [0.25, 0.3) is 0 Å². The number of ketones is 1. The van der Waals surface area contributed by atoms with Crippen LogP contribution in [-0.4, -0.2) is 5.78 Å². The Kier molecular flexibility index (Phi) is 3.29. The molecule has 0 spiro atoms. The Morgan fingerprint density at radius 1 is 1.46 bits per heavy atom. The normalized spacial score (nSPS) is 10.8. The summed E-state index contributed by atoms with van der Waals surface area (Å²) in [5, 5.41) is 0. The third-order valence-electron chi connectivity index (χ3n) is 2.06. The smallest absolute Gasteiger partial charge is 0.135 e. The Balaban J connectivity index is 2.39. The Hall–Kier alpha value is -1.05. The molecule has 0 saturated carbocycles. The number of Topliss-reactive ketones (excluding diaryl/α,β-unsaturated/α-hetero) is 1. The minimum Gasteiger partial charge on any atom is -0.466 e. The summed E-state index contributed by atoms with van der Waals surface area (Å²) < 4.78 is 5.36. The molecule has 2 nitrogen and oxygen atoms in total. The number of rotatable bonds is 4. The summed E-state index contributed by atoms with van der Waals surface area (Å²) in [5.74, 6) is 2.25. The number of hydrogen-bond donors (Lipinski definition) is 0. The SMILES string of the molecule is Cc1ccc(CCC(=O)C(C)C)o1. The zero-order valence-electron chi connectivity index (χ0n) is 8.46. The average molecular weight is 180 g/mol. The zero-order valence-corrected chi connectivity index (χ0v) is 8.46. The standard InChI is InChI=1S/C11H16O2/c1-8(2)11(12)7-6-10-5-4-9(3)13-10/h4-5,8H,6-7H2,1-3H3. The molecular formula is C11H16O2. The number of furan rings is 1.